The van der Waals surface area contributed by atoms with Crippen LogP contribution in [0, 0.1) is 17.8 Å². The first-order chi connectivity index (χ1) is 10.1. The lowest BCUT2D eigenvalue weighted by molar-refractivity contribution is -0.122. The van der Waals surface area contributed by atoms with E-state index in [0.29, 0.717) is 17.9 Å². The van der Waals surface area contributed by atoms with Crippen LogP contribution in [0.5, 0.6) is 0 Å². The summed E-state index contributed by atoms with van der Waals surface area (Å²) in [5.74, 6) is 1.34. The minimum Gasteiger partial charge on any atom is -0.327 e. The summed E-state index contributed by atoms with van der Waals surface area (Å²) in [6.45, 7) is 2.06. The molecule has 0 aliphatic heterocycles. The number of carbonyl (C=O) groups excluding carboxylic acids is 1. The van der Waals surface area contributed by atoms with Gasteiger partial charge in [0.15, 0.2) is 0 Å². The maximum absolute atomic E-state index is 12.6. The monoisotopic (exact) mass is 326 g/mol. The molecule has 1 aromatic heterocycles. The Morgan fingerprint density at radius 1 is 1.41 bits per heavy atom. The number of fused-ring (bicyclic) bond motifs is 2. The van der Waals surface area contributed by atoms with Crippen molar-refractivity contribution in [1.82, 2.24) is 9.78 Å². The van der Waals surface area contributed by atoms with Crippen LogP contribution < -0.4 is 11.1 Å². The van der Waals surface area contributed by atoms with Crippen LogP contribution >= 0.6 is 12.4 Å². The van der Waals surface area contributed by atoms with Crippen molar-refractivity contribution in [2.45, 2.75) is 51.5 Å². The van der Waals surface area contributed by atoms with Crippen LogP contribution in [0.2, 0.25) is 0 Å². The number of hydrogen-bond acceptors (Lipinski definition) is 3. The highest BCUT2D eigenvalue weighted by molar-refractivity contribution is 5.93. The number of amides is 1. The summed E-state index contributed by atoms with van der Waals surface area (Å²) in [4.78, 5) is 12.6. The first kappa shape index (κ1) is 17.3. The van der Waals surface area contributed by atoms with Crippen molar-refractivity contribution in [2.24, 2.45) is 30.5 Å². The molecule has 1 heterocycles. The summed E-state index contributed by atoms with van der Waals surface area (Å²) in [5.41, 5.74) is 8.13. The van der Waals surface area contributed by atoms with Crippen molar-refractivity contribution in [1.29, 1.82) is 0 Å². The van der Waals surface area contributed by atoms with Crippen LogP contribution in [-0.2, 0) is 18.3 Å². The molecule has 2 unspecified atom stereocenters. The summed E-state index contributed by atoms with van der Waals surface area (Å²) in [7, 11) is 1.89. The molecule has 3 rings (SSSR count). The normalized spacial score (nSPS) is 30.5. The van der Waals surface area contributed by atoms with Gasteiger partial charge in [-0.2, -0.15) is 5.10 Å². The Kier molecular flexibility index (Phi) is 5.50. The quantitative estimate of drug-likeness (QED) is 0.896. The fraction of sp³-hybridized carbons (Fsp3) is 0.750. The number of anilines is 1. The summed E-state index contributed by atoms with van der Waals surface area (Å²) >= 11 is 0. The van der Waals surface area contributed by atoms with Crippen LogP contribution in [0.25, 0.3) is 0 Å². The Balaban J connectivity index is 0.00000176. The van der Waals surface area contributed by atoms with Gasteiger partial charge in [0.25, 0.3) is 0 Å². The minimum absolute atomic E-state index is 0. The van der Waals surface area contributed by atoms with Gasteiger partial charge >= 0.3 is 0 Å². The Hall–Kier alpha value is -1.07. The Morgan fingerprint density at radius 2 is 2.05 bits per heavy atom. The number of aryl methyl sites for hydroxylation is 2. The topological polar surface area (TPSA) is 72.9 Å². The lowest BCUT2D eigenvalue weighted by atomic mass is 9.65. The largest absolute Gasteiger partial charge is 0.327 e. The zero-order chi connectivity index (χ0) is 15.0. The van der Waals surface area contributed by atoms with Crippen LogP contribution in [0.3, 0.4) is 0 Å². The molecule has 2 atom stereocenters. The molecular weight excluding hydrogens is 300 g/mol. The molecule has 0 spiro atoms. The average Bonchev–Trinajstić information content (AvgIpc) is 2.78. The van der Waals surface area contributed by atoms with Gasteiger partial charge in [-0.25, -0.2) is 0 Å². The van der Waals surface area contributed by atoms with Gasteiger partial charge in [-0.05, 0) is 43.9 Å². The molecule has 3 N–H and O–H groups in total. The maximum Gasteiger partial charge on any atom is 0.227 e. The summed E-state index contributed by atoms with van der Waals surface area (Å²) in [5, 5.41) is 7.47. The number of nitrogens with one attached hydrogen (secondary N) is 1. The van der Waals surface area contributed by atoms with E-state index in [4.69, 9.17) is 5.73 Å². The zero-order valence-corrected chi connectivity index (χ0v) is 14.2. The van der Waals surface area contributed by atoms with E-state index in [0.717, 1.165) is 30.6 Å². The van der Waals surface area contributed by atoms with E-state index in [9.17, 15) is 4.79 Å². The van der Waals surface area contributed by atoms with Crippen LogP contribution in [0.4, 0.5) is 5.69 Å². The van der Waals surface area contributed by atoms with Crippen molar-refractivity contribution in [3.05, 3.63) is 11.9 Å². The maximum atomic E-state index is 12.6. The highest BCUT2D eigenvalue weighted by Gasteiger charge is 2.40. The molecule has 6 heteroatoms. The SMILES string of the molecule is CCc1nn(C)cc1NC(=O)C1CC2CCCC(C1)C2N.Cl. The molecule has 0 aromatic carbocycles. The third-order valence-corrected chi connectivity index (χ3v) is 5.28. The van der Waals surface area contributed by atoms with E-state index in [1.54, 1.807) is 4.68 Å². The van der Waals surface area contributed by atoms with Gasteiger partial charge in [-0.3, -0.25) is 9.48 Å². The van der Waals surface area contributed by atoms with Crippen LogP contribution in [0.1, 0.15) is 44.7 Å². The average molecular weight is 327 g/mol. The highest BCUT2D eigenvalue weighted by Crippen LogP contribution is 2.42. The molecule has 0 saturated heterocycles. The van der Waals surface area contributed by atoms with E-state index in [1.165, 1.54) is 19.3 Å². The molecule has 5 nitrogen and oxygen atoms in total. The summed E-state index contributed by atoms with van der Waals surface area (Å²) in [6.07, 6.45) is 8.28. The van der Waals surface area contributed by atoms with Gasteiger partial charge in [0.2, 0.25) is 5.91 Å². The summed E-state index contributed by atoms with van der Waals surface area (Å²) in [6, 6.07) is 0.312. The van der Waals surface area contributed by atoms with Crippen molar-refractivity contribution in [3.8, 4) is 0 Å². The van der Waals surface area contributed by atoms with E-state index >= 15 is 0 Å². The molecule has 2 bridgehead atoms. The molecular formula is C16H27ClN4O. The lowest BCUT2D eigenvalue weighted by Crippen LogP contribution is -2.48. The van der Waals surface area contributed by atoms with Crippen LogP contribution in [-0.4, -0.2) is 21.7 Å². The molecule has 2 saturated carbocycles. The highest BCUT2D eigenvalue weighted by atomic mass is 35.5. The number of carbonyl (C=O) groups is 1. The molecule has 0 radical (unpaired) electrons. The second-order valence-corrected chi connectivity index (χ2v) is 6.70. The third kappa shape index (κ3) is 3.30. The van der Waals surface area contributed by atoms with Gasteiger partial charge in [0.1, 0.15) is 0 Å². The third-order valence-electron chi connectivity index (χ3n) is 5.28. The smallest absolute Gasteiger partial charge is 0.227 e. The summed E-state index contributed by atoms with van der Waals surface area (Å²) < 4.78 is 1.76. The molecule has 2 aliphatic rings. The number of nitrogens with zero attached hydrogens (tertiary/aromatic N) is 2. The molecule has 2 aliphatic carbocycles. The first-order valence-electron chi connectivity index (χ1n) is 8.17. The first-order valence-corrected chi connectivity index (χ1v) is 8.17. The van der Waals surface area contributed by atoms with Crippen molar-refractivity contribution >= 4 is 24.0 Å². The van der Waals surface area contributed by atoms with E-state index in [2.05, 4.69) is 17.3 Å². The van der Waals surface area contributed by atoms with Gasteiger partial charge in [-0.1, -0.05) is 13.3 Å². The molecule has 2 fully saturated rings. The number of halogens is 1. The van der Waals surface area contributed by atoms with Gasteiger partial charge in [0.05, 0.1) is 11.4 Å². The van der Waals surface area contributed by atoms with Crippen molar-refractivity contribution in [3.63, 3.8) is 0 Å². The van der Waals surface area contributed by atoms with Crippen LogP contribution in [0.15, 0.2) is 6.20 Å². The number of hydrogen-bond donors (Lipinski definition) is 2. The molecule has 124 valence electrons. The van der Waals surface area contributed by atoms with E-state index in [1.807, 2.05) is 13.2 Å². The fourth-order valence-electron chi connectivity index (χ4n) is 4.14. The van der Waals surface area contributed by atoms with Crippen molar-refractivity contribution in [2.75, 3.05) is 5.32 Å². The number of aromatic nitrogens is 2. The van der Waals surface area contributed by atoms with Gasteiger partial charge in [0, 0.05) is 25.2 Å². The molecule has 22 heavy (non-hydrogen) atoms. The van der Waals surface area contributed by atoms with Gasteiger partial charge < -0.3 is 11.1 Å². The zero-order valence-electron chi connectivity index (χ0n) is 13.4. The number of nitrogens with two attached hydrogens (primary N) is 1. The standard InChI is InChI=1S/C16H26N4O.ClH/c1-3-13-14(9-20(2)19-13)18-16(21)12-7-10-5-4-6-11(8-12)15(10)17;/h9-12,15H,3-8,17H2,1-2H3,(H,18,21);1H. The van der Waals surface area contributed by atoms with Gasteiger partial charge in [-0.15, -0.1) is 12.4 Å². The van der Waals surface area contributed by atoms with E-state index in [-0.39, 0.29) is 24.2 Å². The Labute approximate surface area is 138 Å². The van der Waals surface area contributed by atoms with E-state index < -0.39 is 0 Å². The number of rotatable bonds is 3. The Bertz CT molecular complexity index is 516. The molecule has 1 amide bonds. The predicted molar refractivity (Wildman–Crippen MR) is 90.0 cm³/mol. The Morgan fingerprint density at radius 3 is 2.64 bits per heavy atom. The minimum atomic E-state index is 0. The lowest BCUT2D eigenvalue weighted by Gasteiger charge is -2.43. The second-order valence-electron chi connectivity index (χ2n) is 6.70. The molecule has 1 aromatic rings. The van der Waals surface area contributed by atoms with Crippen molar-refractivity contribution < 1.29 is 4.79 Å². The second kappa shape index (κ2) is 7.01. The predicted octanol–water partition coefficient (Wildman–Crippen LogP) is 2.50. The fourth-order valence-corrected chi connectivity index (χ4v) is 4.14.